The van der Waals surface area contributed by atoms with Gasteiger partial charge in [0.1, 0.15) is 0 Å². The first-order chi connectivity index (χ1) is 17.0. The van der Waals surface area contributed by atoms with Crippen LogP contribution in [0.2, 0.25) is 5.02 Å². The number of aliphatic imine (C=N–C) groups is 2. The molecule has 0 fully saturated rings. The number of aromatic nitrogens is 1. The van der Waals surface area contributed by atoms with E-state index in [-0.39, 0.29) is 54.0 Å². The molecule has 1 aromatic heterocycles. The number of hydrogen-bond donors (Lipinski definition) is 0. The smallest absolute Gasteiger partial charge is 1.00 e. The van der Waals surface area contributed by atoms with Gasteiger partial charge in [0.25, 0.3) is 0 Å². The molecule has 3 aromatic rings. The van der Waals surface area contributed by atoms with Gasteiger partial charge >= 0.3 is 16.8 Å². The van der Waals surface area contributed by atoms with E-state index in [1.54, 1.807) is 0 Å². The number of pyridine rings is 1. The van der Waals surface area contributed by atoms with Gasteiger partial charge in [0.2, 0.25) is 0 Å². The Kier molecular flexibility index (Phi) is 20.0. The van der Waals surface area contributed by atoms with Crippen LogP contribution in [0.1, 0.15) is 86.3 Å². The molecule has 0 aliphatic rings. The maximum absolute atomic E-state index is 6.46. The molecular weight excluding hydrogens is 615 g/mol. The van der Waals surface area contributed by atoms with Crippen LogP contribution in [-0.2, 0) is 55.3 Å². The second-order valence-electron chi connectivity index (χ2n) is 8.80. The van der Waals surface area contributed by atoms with Gasteiger partial charge in [-0.15, -0.1) is 0 Å². The predicted octanol–water partition coefficient (Wildman–Crippen LogP) is -0.380. The number of nitrogens with zero attached hydrogens (tertiary/aromatic N) is 3. The Hall–Kier alpha value is -1.40. The van der Waals surface area contributed by atoms with E-state index in [4.69, 9.17) is 26.6 Å². The van der Waals surface area contributed by atoms with Crippen molar-refractivity contribution in [3.05, 3.63) is 86.2 Å². The summed E-state index contributed by atoms with van der Waals surface area (Å²) in [5.74, 6) is 0. The predicted molar refractivity (Wildman–Crippen MR) is 153 cm³/mol. The van der Waals surface area contributed by atoms with Crippen LogP contribution in [-0.4, -0.2) is 17.4 Å². The van der Waals surface area contributed by atoms with Crippen molar-refractivity contribution in [3.8, 4) is 0 Å². The van der Waals surface area contributed by atoms with Gasteiger partial charge in [-0.25, -0.2) is 4.98 Å². The molecule has 8 heteroatoms. The third-order valence-corrected chi connectivity index (χ3v) is 6.70. The molecule has 0 bridgehead atoms. The van der Waals surface area contributed by atoms with Gasteiger partial charge in [-0.1, -0.05) is 77.4 Å². The number of hydrogen-bond acceptors (Lipinski definition) is 3. The van der Waals surface area contributed by atoms with Gasteiger partial charge in [0.15, 0.2) is 0 Å². The van der Waals surface area contributed by atoms with Crippen LogP contribution < -0.4 is 37.2 Å². The zero-order chi connectivity index (χ0) is 25.4. The largest absolute Gasteiger partial charge is 3.00 e. The van der Waals surface area contributed by atoms with Gasteiger partial charge < -0.3 is 37.2 Å². The third-order valence-electron chi connectivity index (χ3n) is 6.48. The summed E-state index contributed by atoms with van der Waals surface area (Å²) in [6.45, 7) is 13.1. The van der Waals surface area contributed by atoms with Crippen LogP contribution in [0.5, 0.6) is 0 Å². The molecule has 0 aliphatic heterocycles. The Balaban J connectivity index is 0. The van der Waals surface area contributed by atoms with Gasteiger partial charge in [-0.2, -0.15) is 0 Å². The Labute approximate surface area is 269 Å². The summed E-state index contributed by atoms with van der Waals surface area (Å²) in [7, 11) is 0. The van der Waals surface area contributed by atoms with Crippen molar-refractivity contribution in [1.29, 1.82) is 0 Å². The molecule has 0 amide bonds. The van der Waals surface area contributed by atoms with Crippen LogP contribution in [0.25, 0.3) is 0 Å². The van der Waals surface area contributed by atoms with Gasteiger partial charge in [-0.05, 0) is 84.0 Å². The van der Waals surface area contributed by atoms with E-state index < -0.39 is 0 Å². The van der Waals surface area contributed by atoms with Gasteiger partial charge in [0, 0.05) is 5.02 Å². The number of halogens is 4. The van der Waals surface area contributed by atoms with Crippen molar-refractivity contribution in [2.75, 3.05) is 0 Å². The second-order valence-corrected chi connectivity index (χ2v) is 9.23. The average molecular weight is 653 g/mol. The summed E-state index contributed by atoms with van der Waals surface area (Å²) in [5.41, 5.74) is 11.4. The van der Waals surface area contributed by atoms with Crippen molar-refractivity contribution >= 4 is 35.4 Å². The molecule has 2 aromatic carbocycles. The minimum atomic E-state index is 0. The van der Waals surface area contributed by atoms with Crippen molar-refractivity contribution in [3.63, 3.8) is 0 Å². The molecule has 0 radical (unpaired) electrons. The second kappa shape index (κ2) is 19.6. The molecule has 0 unspecified atom stereocenters. The normalized spacial score (nSPS) is 10.5. The molecule has 0 saturated carbocycles. The summed E-state index contributed by atoms with van der Waals surface area (Å²) in [4.78, 5) is 14.5. The molecule has 0 saturated heterocycles. The fourth-order valence-corrected chi connectivity index (χ4v) is 4.64. The first-order valence-electron chi connectivity index (χ1n) is 13.0. The average Bonchev–Trinajstić information content (AvgIpc) is 2.89. The summed E-state index contributed by atoms with van der Waals surface area (Å²) in [5, 5.41) is 0.628. The molecule has 0 aliphatic carbocycles. The van der Waals surface area contributed by atoms with E-state index in [1.165, 1.54) is 33.4 Å². The summed E-state index contributed by atoms with van der Waals surface area (Å²) >= 11 is 6.46. The van der Waals surface area contributed by atoms with E-state index >= 15 is 0 Å². The number of rotatable bonds is 10. The van der Waals surface area contributed by atoms with Crippen LogP contribution in [0.4, 0.5) is 11.4 Å². The Morgan fingerprint density at radius 2 is 0.872 bits per heavy atom. The first kappa shape index (κ1) is 39.7. The van der Waals surface area contributed by atoms with Gasteiger partial charge in [0.05, 0.1) is 35.2 Å². The minimum Gasteiger partial charge on any atom is -1.00 e. The first-order valence-corrected chi connectivity index (χ1v) is 13.4. The fraction of sp³-hybridized carbons (Fsp3) is 0.387. The van der Waals surface area contributed by atoms with Crippen molar-refractivity contribution in [2.45, 2.75) is 80.1 Å². The zero-order valence-corrected chi connectivity index (χ0v) is 27.6. The topological polar surface area (TPSA) is 37.6 Å². The quantitative estimate of drug-likeness (QED) is 0.276. The van der Waals surface area contributed by atoms with E-state index in [1.807, 2.05) is 24.6 Å². The maximum atomic E-state index is 6.46. The van der Waals surface area contributed by atoms with E-state index in [9.17, 15) is 0 Å². The SMILES string of the molecule is CCc1cc(CC)c(N=Cc2cc(Cl)cc(C=Nc3c(CC)cc(CC)cc3CC)n2)c(CC)c1.[Cl-].[Cl-].[Cl-].[Co+3]. The van der Waals surface area contributed by atoms with E-state index in [2.05, 4.69) is 65.8 Å². The summed E-state index contributed by atoms with van der Waals surface area (Å²) < 4.78 is 0. The van der Waals surface area contributed by atoms with E-state index in [0.29, 0.717) is 5.02 Å². The van der Waals surface area contributed by atoms with E-state index in [0.717, 1.165) is 61.3 Å². The van der Waals surface area contributed by atoms with Crippen LogP contribution >= 0.6 is 11.6 Å². The van der Waals surface area contributed by atoms with Crippen LogP contribution in [0, 0.1) is 0 Å². The molecule has 0 atom stereocenters. The summed E-state index contributed by atoms with van der Waals surface area (Å²) in [6, 6.07) is 12.8. The number of benzene rings is 2. The zero-order valence-electron chi connectivity index (χ0n) is 23.5. The minimum absolute atomic E-state index is 0. The Morgan fingerprint density at radius 1 is 0.564 bits per heavy atom. The molecule has 3 nitrogen and oxygen atoms in total. The fourth-order valence-electron chi connectivity index (χ4n) is 4.41. The maximum Gasteiger partial charge on any atom is 3.00 e. The Bertz CT molecular complexity index is 1100. The molecular formula is C31H38Cl4CoN3. The molecule has 214 valence electrons. The van der Waals surface area contributed by atoms with Gasteiger partial charge in [-0.3, -0.25) is 9.98 Å². The van der Waals surface area contributed by atoms with Crippen LogP contribution in [0.3, 0.4) is 0 Å². The monoisotopic (exact) mass is 651 g/mol. The van der Waals surface area contributed by atoms with Crippen molar-refractivity contribution in [2.24, 2.45) is 9.98 Å². The number of aryl methyl sites for hydroxylation is 6. The van der Waals surface area contributed by atoms with Crippen molar-refractivity contribution < 1.29 is 54.0 Å². The standard InChI is InChI=1S/C31H38ClN3.3ClH.Co/c1-7-21-13-23(9-3)30(24(10-4)14-21)33-19-28-17-27(32)18-29(35-28)20-34-31-25(11-5)15-22(8-2)16-26(31)12-6;;;;/h13-20H,7-12H2,1-6H3;3*1H;/q;;;;+3/p-3. The molecule has 3 rings (SSSR count). The van der Waals surface area contributed by atoms with Crippen LogP contribution in [0.15, 0.2) is 46.4 Å². The molecule has 39 heavy (non-hydrogen) atoms. The Morgan fingerprint density at radius 3 is 1.13 bits per heavy atom. The molecule has 0 N–H and O–H groups in total. The third kappa shape index (κ3) is 10.5. The summed E-state index contributed by atoms with van der Waals surface area (Å²) in [6.07, 6.45) is 9.51. The molecule has 0 spiro atoms. The van der Waals surface area contributed by atoms with Crippen molar-refractivity contribution in [1.82, 2.24) is 4.98 Å². The molecule has 1 heterocycles.